The summed E-state index contributed by atoms with van der Waals surface area (Å²) < 4.78 is 1.73. The van der Waals surface area contributed by atoms with Crippen LogP contribution < -0.4 is 11.1 Å². The van der Waals surface area contributed by atoms with Gasteiger partial charge in [0.15, 0.2) is 0 Å². The first-order valence-electron chi connectivity index (χ1n) is 6.15. The molecule has 0 aliphatic heterocycles. The molecule has 2 atom stereocenters. The van der Waals surface area contributed by atoms with Crippen LogP contribution in [0.3, 0.4) is 0 Å². The Morgan fingerprint density at radius 3 is 2.94 bits per heavy atom. The zero-order chi connectivity index (χ0) is 12.3. The first-order valence-corrected chi connectivity index (χ1v) is 6.15. The van der Waals surface area contributed by atoms with Gasteiger partial charge in [-0.05, 0) is 18.8 Å². The molecule has 6 heteroatoms. The van der Waals surface area contributed by atoms with Crippen LogP contribution in [0.4, 0.5) is 0 Å². The number of hydrogen-bond acceptors (Lipinski definition) is 3. The van der Waals surface area contributed by atoms with E-state index in [-0.39, 0.29) is 24.4 Å². The summed E-state index contributed by atoms with van der Waals surface area (Å²) in [7, 11) is 1.86. The van der Waals surface area contributed by atoms with Gasteiger partial charge in [-0.25, -0.2) is 0 Å². The van der Waals surface area contributed by atoms with Crippen molar-refractivity contribution in [3.8, 4) is 0 Å². The number of amides is 1. The van der Waals surface area contributed by atoms with Crippen molar-refractivity contribution in [1.82, 2.24) is 15.1 Å². The molecule has 1 saturated carbocycles. The summed E-state index contributed by atoms with van der Waals surface area (Å²) in [5, 5.41) is 6.97. The van der Waals surface area contributed by atoms with Gasteiger partial charge in [-0.3, -0.25) is 9.48 Å². The van der Waals surface area contributed by atoms with E-state index in [1.54, 1.807) is 10.9 Å². The van der Waals surface area contributed by atoms with Crippen LogP contribution in [-0.2, 0) is 18.4 Å². The minimum atomic E-state index is 0. The van der Waals surface area contributed by atoms with Crippen molar-refractivity contribution < 1.29 is 4.79 Å². The highest BCUT2D eigenvalue weighted by Crippen LogP contribution is 2.26. The molecule has 0 radical (unpaired) electrons. The van der Waals surface area contributed by atoms with Gasteiger partial charge in [0.05, 0.1) is 6.20 Å². The number of halogens is 1. The number of rotatable bonds is 4. The molecule has 1 fully saturated rings. The minimum absolute atomic E-state index is 0. The van der Waals surface area contributed by atoms with E-state index in [0.717, 1.165) is 24.8 Å². The topological polar surface area (TPSA) is 72.9 Å². The Hall–Kier alpha value is -1.07. The van der Waals surface area contributed by atoms with Gasteiger partial charge in [0, 0.05) is 37.8 Å². The molecular formula is C12H21ClN4O. The Bertz CT molecular complexity index is 393. The number of nitrogens with zero attached hydrogens (tertiary/aromatic N) is 2. The largest absolute Gasteiger partial charge is 0.352 e. The van der Waals surface area contributed by atoms with Crippen LogP contribution in [0.15, 0.2) is 12.4 Å². The zero-order valence-electron chi connectivity index (χ0n) is 10.6. The lowest BCUT2D eigenvalue weighted by Gasteiger charge is -2.14. The highest BCUT2D eigenvalue weighted by molar-refractivity contribution is 5.85. The van der Waals surface area contributed by atoms with Crippen LogP contribution in [0.5, 0.6) is 0 Å². The van der Waals surface area contributed by atoms with Crippen molar-refractivity contribution in [3.63, 3.8) is 0 Å². The van der Waals surface area contributed by atoms with E-state index >= 15 is 0 Å². The maximum atomic E-state index is 11.7. The third-order valence-electron chi connectivity index (χ3n) is 3.41. The number of nitrogens with two attached hydrogens (primary N) is 1. The second-order valence-corrected chi connectivity index (χ2v) is 4.86. The lowest BCUT2D eigenvalue weighted by atomic mass is 10.00. The number of carbonyl (C=O) groups is 1. The Kier molecular flexibility index (Phi) is 5.62. The van der Waals surface area contributed by atoms with Crippen molar-refractivity contribution in [2.24, 2.45) is 18.7 Å². The predicted molar refractivity (Wildman–Crippen MR) is 72.2 cm³/mol. The average molecular weight is 273 g/mol. The van der Waals surface area contributed by atoms with Crippen molar-refractivity contribution in [1.29, 1.82) is 0 Å². The van der Waals surface area contributed by atoms with Gasteiger partial charge >= 0.3 is 0 Å². The molecule has 5 nitrogen and oxygen atoms in total. The van der Waals surface area contributed by atoms with Crippen LogP contribution in [0.2, 0.25) is 0 Å². The number of aryl methyl sites for hydroxylation is 1. The molecule has 2 rings (SSSR count). The fourth-order valence-corrected chi connectivity index (χ4v) is 2.39. The Labute approximate surface area is 114 Å². The lowest BCUT2D eigenvalue weighted by Crippen LogP contribution is -2.31. The number of aromatic nitrogens is 2. The van der Waals surface area contributed by atoms with Gasteiger partial charge in [0.1, 0.15) is 0 Å². The highest BCUT2D eigenvalue weighted by Gasteiger charge is 2.25. The molecule has 1 aromatic heterocycles. The second-order valence-electron chi connectivity index (χ2n) is 4.86. The number of carbonyl (C=O) groups excluding carboxylic acids is 1. The summed E-state index contributed by atoms with van der Waals surface area (Å²) in [6.07, 6.45) is 7.52. The molecule has 0 spiro atoms. The van der Waals surface area contributed by atoms with Gasteiger partial charge in [-0.15, -0.1) is 12.4 Å². The molecular weight excluding hydrogens is 252 g/mol. The second kappa shape index (κ2) is 6.75. The lowest BCUT2D eigenvalue weighted by molar-refractivity contribution is -0.122. The van der Waals surface area contributed by atoms with E-state index in [2.05, 4.69) is 10.4 Å². The van der Waals surface area contributed by atoms with E-state index in [4.69, 9.17) is 5.73 Å². The normalized spacial score (nSPS) is 22.6. The summed E-state index contributed by atoms with van der Waals surface area (Å²) in [6.45, 7) is 0.550. The fraction of sp³-hybridized carbons (Fsp3) is 0.667. The van der Waals surface area contributed by atoms with Crippen molar-refractivity contribution in [3.05, 3.63) is 18.0 Å². The summed E-state index contributed by atoms with van der Waals surface area (Å²) in [5.74, 6) is 0.458. The summed E-state index contributed by atoms with van der Waals surface area (Å²) in [5.41, 5.74) is 6.97. The summed E-state index contributed by atoms with van der Waals surface area (Å²) >= 11 is 0. The first-order chi connectivity index (χ1) is 8.15. The molecule has 1 aromatic rings. The fourth-order valence-electron chi connectivity index (χ4n) is 2.39. The molecule has 18 heavy (non-hydrogen) atoms. The molecule has 1 aliphatic rings. The van der Waals surface area contributed by atoms with Crippen molar-refractivity contribution >= 4 is 18.3 Å². The third-order valence-corrected chi connectivity index (χ3v) is 3.41. The molecule has 0 saturated heterocycles. The number of hydrogen-bond donors (Lipinski definition) is 2. The number of nitrogens with one attached hydrogen (secondary N) is 1. The van der Waals surface area contributed by atoms with Crippen molar-refractivity contribution in [2.45, 2.75) is 38.3 Å². The van der Waals surface area contributed by atoms with Crippen molar-refractivity contribution in [2.75, 3.05) is 0 Å². The molecule has 0 aromatic carbocycles. The molecule has 102 valence electrons. The maximum absolute atomic E-state index is 11.7. The van der Waals surface area contributed by atoms with Gasteiger partial charge in [0.25, 0.3) is 0 Å². The standard InChI is InChI=1S/C12H20N4O.ClH/c1-16-8-9(7-15-16)6-14-12(17)5-10-3-2-4-11(10)13;/h7-8,10-11H,2-6,13H2,1H3,(H,14,17);1H/t10-,11+;/m0./s1. The van der Waals surface area contributed by atoms with Gasteiger partial charge in [0.2, 0.25) is 5.91 Å². The summed E-state index contributed by atoms with van der Waals surface area (Å²) in [6, 6.07) is 0.208. The van der Waals surface area contributed by atoms with E-state index in [1.807, 2.05) is 13.2 Å². The van der Waals surface area contributed by atoms with E-state index in [9.17, 15) is 4.79 Å². The molecule has 0 unspecified atom stereocenters. The Balaban J connectivity index is 0.00000162. The van der Waals surface area contributed by atoms with E-state index in [0.29, 0.717) is 18.9 Å². The predicted octanol–water partition coefficient (Wildman–Crippen LogP) is 0.976. The Morgan fingerprint density at radius 1 is 1.61 bits per heavy atom. The SMILES string of the molecule is Cl.Cn1cc(CNC(=O)C[C@@H]2CCC[C@H]2N)cn1. The van der Waals surface area contributed by atoms with Crippen LogP contribution >= 0.6 is 12.4 Å². The monoisotopic (exact) mass is 272 g/mol. The van der Waals surface area contributed by atoms with Crippen LogP contribution in [0.1, 0.15) is 31.2 Å². The van der Waals surface area contributed by atoms with E-state index < -0.39 is 0 Å². The van der Waals surface area contributed by atoms with Crippen LogP contribution in [0, 0.1) is 5.92 Å². The summed E-state index contributed by atoms with van der Waals surface area (Å²) in [4.78, 5) is 11.7. The maximum Gasteiger partial charge on any atom is 0.220 e. The molecule has 3 N–H and O–H groups in total. The smallest absolute Gasteiger partial charge is 0.220 e. The van der Waals surface area contributed by atoms with Crippen LogP contribution in [0.25, 0.3) is 0 Å². The van der Waals surface area contributed by atoms with E-state index in [1.165, 1.54) is 0 Å². The molecule has 1 amide bonds. The molecule has 1 heterocycles. The third kappa shape index (κ3) is 3.99. The first kappa shape index (κ1) is 15.0. The Morgan fingerprint density at radius 2 is 2.39 bits per heavy atom. The zero-order valence-corrected chi connectivity index (χ0v) is 11.4. The van der Waals surface area contributed by atoms with Gasteiger partial charge < -0.3 is 11.1 Å². The van der Waals surface area contributed by atoms with Gasteiger partial charge in [-0.1, -0.05) is 6.42 Å². The highest BCUT2D eigenvalue weighted by atomic mass is 35.5. The van der Waals surface area contributed by atoms with Gasteiger partial charge in [-0.2, -0.15) is 5.10 Å². The quantitative estimate of drug-likeness (QED) is 0.858. The van der Waals surface area contributed by atoms with Crippen LogP contribution in [-0.4, -0.2) is 21.7 Å². The minimum Gasteiger partial charge on any atom is -0.352 e. The molecule has 1 aliphatic carbocycles. The average Bonchev–Trinajstić information content (AvgIpc) is 2.86. The molecule has 0 bridgehead atoms.